The summed E-state index contributed by atoms with van der Waals surface area (Å²) < 4.78 is 8.73. The predicted octanol–water partition coefficient (Wildman–Crippen LogP) is 4.71. The summed E-state index contributed by atoms with van der Waals surface area (Å²) in [4.78, 5) is 26.4. The minimum atomic E-state index is -0.631. The van der Waals surface area contributed by atoms with Gasteiger partial charge >= 0.3 is 6.09 Å². The van der Waals surface area contributed by atoms with E-state index in [1.807, 2.05) is 74.8 Å². The van der Waals surface area contributed by atoms with E-state index >= 15 is 0 Å². The Balaban J connectivity index is 1.87. The van der Waals surface area contributed by atoms with Crippen molar-refractivity contribution in [3.05, 3.63) is 94.2 Å². The van der Waals surface area contributed by atoms with Crippen LogP contribution >= 0.6 is 0 Å². The SMILES string of the molecule is CC(NC(=O)OC(C)(C)C)c1cc2cccc(C#Cc3cnn(C)c3)c2c(=O)n1-c1ccccc1. The Morgan fingerprint density at radius 2 is 1.83 bits per heavy atom. The minimum absolute atomic E-state index is 0.211. The molecule has 35 heavy (non-hydrogen) atoms. The van der Waals surface area contributed by atoms with Gasteiger partial charge in [-0.3, -0.25) is 14.0 Å². The molecular formula is C28H28N4O3. The fourth-order valence-electron chi connectivity index (χ4n) is 3.83. The van der Waals surface area contributed by atoms with Gasteiger partial charge in [-0.2, -0.15) is 5.10 Å². The van der Waals surface area contributed by atoms with E-state index in [4.69, 9.17) is 4.74 Å². The standard InChI is InChI=1S/C28H28N4O3/c1-19(30-27(34)35-28(2,3)4)24-16-22-11-9-10-21(15-14-20-17-29-31(5)18-20)25(22)26(33)32(24)23-12-7-6-8-13-23/h6-13,16-19H,1-5H3,(H,30,34). The third-order valence-corrected chi connectivity index (χ3v) is 5.31. The van der Waals surface area contributed by atoms with Crippen LogP contribution in [0.5, 0.6) is 0 Å². The first-order valence-electron chi connectivity index (χ1n) is 11.4. The number of alkyl carbamates (subject to hydrolysis) is 1. The number of benzene rings is 2. The average molecular weight is 469 g/mol. The topological polar surface area (TPSA) is 78.2 Å². The maximum Gasteiger partial charge on any atom is 0.408 e. The molecule has 0 saturated heterocycles. The number of nitrogens with zero attached hydrogens (tertiary/aromatic N) is 3. The summed E-state index contributed by atoms with van der Waals surface area (Å²) in [5.74, 6) is 6.23. The van der Waals surface area contributed by atoms with Crippen molar-refractivity contribution in [2.75, 3.05) is 0 Å². The fraction of sp³-hybridized carbons (Fsp3) is 0.250. The zero-order chi connectivity index (χ0) is 25.2. The van der Waals surface area contributed by atoms with E-state index < -0.39 is 17.7 Å². The molecule has 1 atom stereocenters. The van der Waals surface area contributed by atoms with Gasteiger partial charge in [-0.1, -0.05) is 42.2 Å². The summed E-state index contributed by atoms with van der Waals surface area (Å²) >= 11 is 0. The molecule has 0 spiro atoms. The Morgan fingerprint density at radius 1 is 1.09 bits per heavy atom. The summed E-state index contributed by atoms with van der Waals surface area (Å²) in [7, 11) is 1.83. The molecule has 1 N–H and O–H groups in total. The lowest BCUT2D eigenvalue weighted by molar-refractivity contribution is 0.0506. The van der Waals surface area contributed by atoms with Crippen molar-refractivity contribution < 1.29 is 9.53 Å². The summed E-state index contributed by atoms with van der Waals surface area (Å²) in [5, 5.41) is 8.26. The zero-order valence-electron chi connectivity index (χ0n) is 20.5. The van der Waals surface area contributed by atoms with Gasteiger partial charge < -0.3 is 10.1 Å². The second-order valence-corrected chi connectivity index (χ2v) is 9.34. The lowest BCUT2D eigenvalue weighted by atomic mass is 10.0. The van der Waals surface area contributed by atoms with Gasteiger partial charge in [-0.15, -0.1) is 0 Å². The van der Waals surface area contributed by atoms with Gasteiger partial charge in [0.1, 0.15) is 5.60 Å². The first-order valence-corrected chi connectivity index (χ1v) is 11.4. The van der Waals surface area contributed by atoms with Crippen molar-refractivity contribution in [1.82, 2.24) is 19.7 Å². The molecule has 7 heteroatoms. The van der Waals surface area contributed by atoms with E-state index in [-0.39, 0.29) is 5.56 Å². The quantitative estimate of drug-likeness (QED) is 0.442. The van der Waals surface area contributed by atoms with Gasteiger partial charge in [-0.05, 0) is 57.3 Å². The van der Waals surface area contributed by atoms with E-state index in [1.54, 1.807) is 36.2 Å². The zero-order valence-corrected chi connectivity index (χ0v) is 20.5. The summed E-state index contributed by atoms with van der Waals surface area (Å²) in [6.07, 6.45) is 2.96. The Bertz CT molecular complexity index is 1500. The van der Waals surface area contributed by atoms with E-state index in [2.05, 4.69) is 22.3 Å². The number of ether oxygens (including phenoxy) is 1. The van der Waals surface area contributed by atoms with Gasteiger partial charge in [0.25, 0.3) is 5.56 Å². The number of aryl methyl sites for hydroxylation is 1. The molecule has 0 saturated carbocycles. The fourth-order valence-corrected chi connectivity index (χ4v) is 3.83. The normalized spacial score (nSPS) is 12.0. The molecule has 1 unspecified atom stereocenters. The summed E-state index contributed by atoms with van der Waals surface area (Å²) in [6.45, 7) is 7.25. The second-order valence-electron chi connectivity index (χ2n) is 9.34. The van der Waals surface area contributed by atoms with Crippen LogP contribution in [0.2, 0.25) is 0 Å². The smallest absolute Gasteiger partial charge is 0.408 e. The lowest BCUT2D eigenvalue weighted by Crippen LogP contribution is -2.36. The number of rotatable bonds is 3. The molecular weight excluding hydrogens is 440 g/mol. The molecule has 0 bridgehead atoms. The van der Waals surface area contributed by atoms with Crippen molar-refractivity contribution >= 4 is 16.9 Å². The number of para-hydroxylation sites is 1. The molecule has 2 heterocycles. The molecule has 0 aliphatic heterocycles. The van der Waals surface area contributed by atoms with Gasteiger partial charge in [0.2, 0.25) is 0 Å². The van der Waals surface area contributed by atoms with Crippen LogP contribution in [-0.2, 0) is 11.8 Å². The van der Waals surface area contributed by atoms with Crippen molar-refractivity contribution in [1.29, 1.82) is 0 Å². The van der Waals surface area contributed by atoms with Gasteiger partial charge in [0.15, 0.2) is 0 Å². The third-order valence-electron chi connectivity index (χ3n) is 5.31. The molecule has 0 aliphatic carbocycles. The molecule has 178 valence electrons. The molecule has 4 aromatic rings. The van der Waals surface area contributed by atoms with E-state index in [1.165, 1.54) is 0 Å². The highest BCUT2D eigenvalue weighted by Gasteiger charge is 2.22. The Labute approximate surface area is 204 Å². The van der Waals surface area contributed by atoms with Crippen LogP contribution in [0.1, 0.15) is 50.6 Å². The molecule has 0 aliphatic rings. The second kappa shape index (κ2) is 9.51. The van der Waals surface area contributed by atoms with E-state index in [0.29, 0.717) is 22.3 Å². The first kappa shape index (κ1) is 23.8. The third kappa shape index (κ3) is 5.44. The van der Waals surface area contributed by atoms with E-state index in [0.717, 1.165) is 10.9 Å². The van der Waals surface area contributed by atoms with Crippen molar-refractivity contribution in [2.45, 2.75) is 39.3 Å². The lowest BCUT2D eigenvalue weighted by Gasteiger charge is -2.24. The number of aromatic nitrogens is 3. The monoisotopic (exact) mass is 468 g/mol. The number of carbonyl (C=O) groups is 1. The number of hydrogen-bond acceptors (Lipinski definition) is 4. The highest BCUT2D eigenvalue weighted by Crippen LogP contribution is 2.23. The first-order chi connectivity index (χ1) is 16.6. The van der Waals surface area contributed by atoms with Crippen molar-refractivity contribution in [3.8, 4) is 17.5 Å². The molecule has 4 rings (SSSR count). The van der Waals surface area contributed by atoms with Crippen LogP contribution in [0.15, 0.2) is 71.8 Å². The predicted molar refractivity (Wildman–Crippen MR) is 137 cm³/mol. The Hall–Kier alpha value is -4.31. The van der Waals surface area contributed by atoms with Gasteiger partial charge in [-0.25, -0.2) is 4.79 Å². The van der Waals surface area contributed by atoms with Crippen LogP contribution < -0.4 is 10.9 Å². The van der Waals surface area contributed by atoms with Crippen LogP contribution in [0, 0.1) is 11.8 Å². The maximum atomic E-state index is 13.9. The molecule has 2 aromatic carbocycles. The number of pyridine rings is 1. The maximum absolute atomic E-state index is 13.9. The summed E-state index contributed by atoms with van der Waals surface area (Å²) in [6, 6.07) is 16.4. The Kier molecular flexibility index (Phi) is 6.48. The van der Waals surface area contributed by atoms with Crippen molar-refractivity contribution in [2.24, 2.45) is 7.05 Å². The number of hydrogen-bond donors (Lipinski definition) is 1. The molecule has 1 amide bonds. The minimum Gasteiger partial charge on any atom is -0.444 e. The van der Waals surface area contributed by atoms with E-state index in [9.17, 15) is 9.59 Å². The van der Waals surface area contributed by atoms with Crippen LogP contribution in [0.25, 0.3) is 16.5 Å². The number of nitrogens with one attached hydrogen (secondary N) is 1. The van der Waals surface area contributed by atoms with Gasteiger partial charge in [0, 0.05) is 30.2 Å². The van der Waals surface area contributed by atoms with Crippen LogP contribution in [-0.4, -0.2) is 26.0 Å². The summed E-state index contributed by atoms with van der Waals surface area (Å²) in [5.41, 5.74) is 1.88. The van der Waals surface area contributed by atoms with Gasteiger partial charge in [0.05, 0.1) is 23.2 Å². The van der Waals surface area contributed by atoms with Crippen LogP contribution in [0.3, 0.4) is 0 Å². The molecule has 0 fully saturated rings. The highest BCUT2D eigenvalue weighted by molar-refractivity contribution is 5.88. The highest BCUT2D eigenvalue weighted by atomic mass is 16.6. The number of fused-ring (bicyclic) bond motifs is 1. The largest absolute Gasteiger partial charge is 0.444 e. The molecule has 0 radical (unpaired) electrons. The number of amides is 1. The number of carbonyl (C=O) groups excluding carboxylic acids is 1. The van der Waals surface area contributed by atoms with Crippen molar-refractivity contribution in [3.63, 3.8) is 0 Å². The molecule has 7 nitrogen and oxygen atoms in total. The molecule has 2 aromatic heterocycles. The average Bonchev–Trinajstić information content (AvgIpc) is 3.21. The van der Waals surface area contributed by atoms with Crippen LogP contribution in [0.4, 0.5) is 4.79 Å². The Morgan fingerprint density at radius 3 is 2.49 bits per heavy atom.